The Morgan fingerprint density at radius 3 is 2.71 bits per heavy atom. The highest BCUT2D eigenvalue weighted by Crippen LogP contribution is 2.28. The highest BCUT2D eigenvalue weighted by molar-refractivity contribution is 6.33. The number of rotatable bonds is 3. The van der Waals surface area contributed by atoms with Crippen LogP contribution in [0, 0.1) is 0 Å². The molecule has 88 valence electrons. The van der Waals surface area contributed by atoms with Crippen molar-refractivity contribution < 1.29 is 4.79 Å². The molecule has 0 aliphatic rings. The van der Waals surface area contributed by atoms with Crippen molar-refractivity contribution in [3.05, 3.63) is 41.0 Å². The lowest BCUT2D eigenvalue weighted by atomic mass is 10.1. The molecule has 1 aromatic carbocycles. The average molecular weight is 249 g/mol. The zero-order valence-electron chi connectivity index (χ0n) is 9.77. The topological polar surface area (TPSA) is 34.9 Å². The zero-order chi connectivity index (χ0) is 12.4. The van der Waals surface area contributed by atoms with Gasteiger partial charge in [0.1, 0.15) is 5.69 Å². The van der Waals surface area contributed by atoms with Crippen LogP contribution in [0.2, 0.25) is 5.02 Å². The van der Waals surface area contributed by atoms with Crippen molar-refractivity contribution in [2.24, 2.45) is 0 Å². The number of aromatic nitrogens is 2. The van der Waals surface area contributed by atoms with Crippen molar-refractivity contribution in [3.8, 4) is 11.3 Å². The summed E-state index contributed by atoms with van der Waals surface area (Å²) in [6.07, 6.45) is 0. The van der Waals surface area contributed by atoms with E-state index in [1.54, 1.807) is 10.7 Å². The maximum Gasteiger partial charge on any atom is 0.180 e. The third-order valence-corrected chi connectivity index (χ3v) is 2.92. The van der Waals surface area contributed by atoms with E-state index in [1.807, 2.05) is 31.2 Å². The molecule has 0 aliphatic heterocycles. The van der Waals surface area contributed by atoms with Gasteiger partial charge in [0.25, 0.3) is 0 Å². The van der Waals surface area contributed by atoms with Crippen LogP contribution in [-0.4, -0.2) is 15.6 Å². The van der Waals surface area contributed by atoms with Gasteiger partial charge in [0.05, 0.1) is 5.69 Å². The average Bonchev–Trinajstić information content (AvgIpc) is 2.73. The molecular weight excluding hydrogens is 236 g/mol. The van der Waals surface area contributed by atoms with Gasteiger partial charge < -0.3 is 0 Å². The van der Waals surface area contributed by atoms with E-state index in [0.717, 1.165) is 11.3 Å². The minimum absolute atomic E-state index is 0.0366. The summed E-state index contributed by atoms with van der Waals surface area (Å²) >= 11 is 6.15. The predicted octanol–water partition coefficient (Wildman–Crippen LogP) is 3.43. The number of carbonyl (C=O) groups is 1. The second-order valence-electron chi connectivity index (χ2n) is 3.77. The van der Waals surface area contributed by atoms with Gasteiger partial charge in [-0.2, -0.15) is 5.10 Å². The van der Waals surface area contributed by atoms with Gasteiger partial charge >= 0.3 is 0 Å². The third kappa shape index (κ3) is 2.24. The van der Waals surface area contributed by atoms with Crippen LogP contribution in [-0.2, 0) is 6.54 Å². The molecule has 2 rings (SSSR count). The van der Waals surface area contributed by atoms with Crippen LogP contribution < -0.4 is 0 Å². The fraction of sp³-hybridized carbons (Fsp3) is 0.231. The maximum atomic E-state index is 11.3. The summed E-state index contributed by atoms with van der Waals surface area (Å²) < 4.78 is 1.79. The highest BCUT2D eigenvalue weighted by atomic mass is 35.5. The van der Waals surface area contributed by atoms with E-state index >= 15 is 0 Å². The molecule has 17 heavy (non-hydrogen) atoms. The van der Waals surface area contributed by atoms with E-state index in [0.29, 0.717) is 17.3 Å². The number of hydrogen-bond donors (Lipinski definition) is 0. The number of ketones is 1. The first kappa shape index (κ1) is 11.9. The van der Waals surface area contributed by atoms with Crippen molar-refractivity contribution in [2.45, 2.75) is 20.4 Å². The van der Waals surface area contributed by atoms with Crippen molar-refractivity contribution in [3.63, 3.8) is 0 Å². The van der Waals surface area contributed by atoms with Crippen molar-refractivity contribution in [1.29, 1.82) is 0 Å². The Labute approximate surface area is 105 Å². The lowest BCUT2D eigenvalue weighted by Crippen LogP contribution is -2.01. The van der Waals surface area contributed by atoms with Crippen molar-refractivity contribution in [1.82, 2.24) is 9.78 Å². The van der Waals surface area contributed by atoms with Gasteiger partial charge in [-0.05, 0) is 19.1 Å². The normalized spacial score (nSPS) is 10.5. The van der Waals surface area contributed by atoms with Crippen LogP contribution in [0.5, 0.6) is 0 Å². The Hall–Kier alpha value is -1.61. The summed E-state index contributed by atoms with van der Waals surface area (Å²) in [5.74, 6) is -0.0366. The maximum absolute atomic E-state index is 11.3. The second-order valence-corrected chi connectivity index (χ2v) is 4.17. The molecular formula is C13H13ClN2O. The van der Waals surface area contributed by atoms with Gasteiger partial charge in [-0.15, -0.1) is 0 Å². The number of nitrogens with zero attached hydrogens (tertiary/aromatic N) is 2. The van der Waals surface area contributed by atoms with Crippen LogP contribution in [0.1, 0.15) is 24.3 Å². The van der Waals surface area contributed by atoms with Crippen LogP contribution in [0.3, 0.4) is 0 Å². The first-order chi connectivity index (χ1) is 8.13. The van der Waals surface area contributed by atoms with E-state index in [9.17, 15) is 4.79 Å². The smallest absolute Gasteiger partial charge is 0.180 e. The zero-order valence-corrected chi connectivity index (χ0v) is 10.5. The summed E-state index contributed by atoms with van der Waals surface area (Å²) in [5.41, 5.74) is 2.25. The minimum atomic E-state index is -0.0366. The summed E-state index contributed by atoms with van der Waals surface area (Å²) in [6.45, 7) is 4.20. The number of Topliss-reactive ketones (excluding diaryl/α,β-unsaturated/α-hetero) is 1. The predicted molar refractivity (Wildman–Crippen MR) is 68.4 cm³/mol. The number of halogens is 1. The monoisotopic (exact) mass is 248 g/mol. The molecule has 0 atom stereocenters. The van der Waals surface area contributed by atoms with Crippen molar-refractivity contribution >= 4 is 17.4 Å². The molecule has 3 nitrogen and oxygen atoms in total. The molecule has 4 heteroatoms. The van der Waals surface area contributed by atoms with E-state index in [2.05, 4.69) is 5.10 Å². The van der Waals surface area contributed by atoms with E-state index < -0.39 is 0 Å². The number of carbonyl (C=O) groups excluding carboxylic acids is 1. The molecule has 0 N–H and O–H groups in total. The quantitative estimate of drug-likeness (QED) is 0.780. The molecule has 1 aromatic heterocycles. The first-order valence-electron chi connectivity index (χ1n) is 5.47. The van der Waals surface area contributed by atoms with E-state index in [4.69, 9.17) is 11.6 Å². The second kappa shape index (κ2) is 4.72. The summed E-state index contributed by atoms with van der Waals surface area (Å²) in [4.78, 5) is 11.3. The Morgan fingerprint density at radius 1 is 1.41 bits per heavy atom. The fourth-order valence-corrected chi connectivity index (χ4v) is 1.95. The molecule has 0 fully saturated rings. The number of hydrogen-bond acceptors (Lipinski definition) is 2. The van der Waals surface area contributed by atoms with Gasteiger partial charge in [-0.1, -0.05) is 29.8 Å². The molecule has 1 heterocycles. The summed E-state index contributed by atoms with van der Waals surface area (Å²) in [6, 6.07) is 9.34. The van der Waals surface area contributed by atoms with E-state index in [-0.39, 0.29) is 5.78 Å². The number of aryl methyl sites for hydroxylation is 1. The molecule has 0 aliphatic carbocycles. The molecule has 0 spiro atoms. The van der Waals surface area contributed by atoms with Crippen LogP contribution in [0.15, 0.2) is 30.3 Å². The van der Waals surface area contributed by atoms with E-state index in [1.165, 1.54) is 6.92 Å². The molecule has 0 saturated heterocycles. The largest absolute Gasteiger partial charge is 0.293 e. The van der Waals surface area contributed by atoms with Gasteiger partial charge in [0, 0.05) is 24.1 Å². The Kier molecular flexibility index (Phi) is 3.29. The van der Waals surface area contributed by atoms with Gasteiger partial charge in [0.2, 0.25) is 0 Å². The molecule has 0 bridgehead atoms. The lowest BCUT2D eigenvalue weighted by Gasteiger charge is -2.05. The van der Waals surface area contributed by atoms with Gasteiger partial charge in [0.15, 0.2) is 5.78 Å². The molecule has 0 saturated carbocycles. The first-order valence-corrected chi connectivity index (χ1v) is 5.85. The summed E-state index contributed by atoms with van der Waals surface area (Å²) in [7, 11) is 0. The molecule has 0 radical (unpaired) electrons. The number of benzene rings is 1. The molecule has 0 unspecified atom stereocenters. The van der Waals surface area contributed by atoms with Gasteiger partial charge in [-0.25, -0.2) is 0 Å². The molecule has 0 amide bonds. The minimum Gasteiger partial charge on any atom is -0.293 e. The Bertz CT molecular complexity index is 560. The highest BCUT2D eigenvalue weighted by Gasteiger charge is 2.13. The van der Waals surface area contributed by atoms with Crippen LogP contribution in [0.25, 0.3) is 11.3 Å². The van der Waals surface area contributed by atoms with Gasteiger partial charge in [-0.3, -0.25) is 9.48 Å². The third-order valence-electron chi connectivity index (χ3n) is 2.59. The lowest BCUT2D eigenvalue weighted by molar-refractivity contribution is 0.101. The van der Waals surface area contributed by atoms with Crippen LogP contribution in [0.4, 0.5) is 0 Å². The summed E-state index contributed by atoms with van der Waals surface area (Å²) in [5, 5.41) is 4.92. The van der Waals surface area contributed by atoms with Crippen molar-refractivity contribution in [2.75, 3.05) is 0 Å². The Morgan fingerprint density at radius 2 is 2.12 bits per heavy atom. The Balaban J connectivity index is 2.59. The standard InChI is InChI=1S/C13H13ClN2O/c1-3-16-13(8-12(15-16)9(2)17)10-6-4-5-7-11(10)14/h4-8H,3H2,1-2H3. The molecule has 2 aromatic rings. The van der Waals surface area contributed by atoms with Crippen LogP contribution >= 0.6 is 11.6 Å². The SMILES string of the molecule is CCn1nc(C(C)=O)cc1-c1ccccc1Cl. The fourth-order valence-electron chi connectivity index (χ4n) is 1.72.